The molecule has 1 aliphatic carbocycles. The molecule has 6 nitrogen and oxygen atoms in total. The van der Waals surface area contributed by atoms with Gasteiger partial charge < -0.3 is 10.2 Å². The number of hydrogen-bond donors (Lipinski definition) is 1. The van der Waals surface area contributed by atoms with Crippen LogP contribution in [-0.4, -0.2) is 33.9 Å². The Kier molecular flexibility index (Phi) is 4.42. The van der Waals surface area contributed by atoms with E-state index in [-0.39, 0.29) is 11.8 Å². The molecular formula is C17H21N5OS. The highest BCUT2D eigenvalue weighted by Gasteiger charge is 2.27. The fourth-order valence-electron chi connectivity index (χ4n) is 3.41. The fraction of sp³-hybridized carbons (Fsp3) is 0.529. The van der Waals surface area contributed by atoms with Crippen molar-refractivity contribution in [3.63, 3.8) is 0 Å². The van der Waals surface area contributed by atoms with Crippen LogP contribution in [0, 0.1) is 5.92 Å². The highest BCUT2D eigenvalue weighted by molar-refractivity contribution is 7.15. The number of rotatable bonds is 3. The number of carbonyl (C=O) groups excluding carboxylic acids is 1. The summed E-state index contributed by atoms with van der Waals surface area (Å²) in [5.74, 6) is 0.907. The van der Waals surface area contributed by atoms with Gasteiger partial charge >= 0.3 is 0 Å². The van der Waals surface area contributed by atoms with Gasteiger partial charge in [0.2, 0.25) is 11.9 Å². The lowest BCUT2D eigenvalue weighted by atomic mass is 9.96. The molecule has 24 heavy (non-hydrogen) atoms. The molecular weight excluding hydrogens is 322 g/mol. The van der Waals surface area contributed by atoms with Crippen molar-refractivity contribution in [3.05, 3.63) is 29.0 Å². The van der Waals surface area contributed by atoms with Gasteiger partial charge in [-0.15, -0.1) is 11.3 Å². The van der Waals surface area contributed by atoms with E-state index in [1.807, 2.05) is 6.07 Å². The van der Waals surface area contributed by atoms with Crippen LogP contribution in [0.1, 0.15) is 36.3 Å². The molecule has 0 spiro atoms. The van der Waals surface area contributed by atoms with Crippen LogP contribution in [0.3, 0.4) is 0 Å². The molecule has 2 aromatic heterocycles. The third-order valence-electron chi connectivity index (χ3n) is 4.78. The minimum Gasteiger partial charge on any atom is -0.341 e. The van der Waals surface area contributed by atoms with Gasteiger partial charge in [-0.3, -0.25) is 4.79 Å². The van der Waals surface area contributed by atoms with Gasteiger partial charge in [0, 0.05) is 36.3 Å². The van der Waals surface area contributed by atoms with Crippen LogP contribution in [0.5, 0.6) is 0 Å². The first kappa shape index (κ1) is 15.5. The first-order valence-corrected chi connectivity index (χ1v) is 9.42. The number of aryl methyl sites for hydroxylation is 2. The third-order valence-corrected chi connectivity index (χ3v) is 5.85. The molecule has 1 fully saturated rings. The quantitative estimate of drug-likeness (QED) is 0.928. The van der Waals surface area contributed by atoms with Gasteiger partial charge in [-0.1, -0.05) is 0 Å². The maximum Gasteiger partial charge on any atom is 0.229 e. The molecule has 1 amide bonds. The number of thiazole rings is 1. The molecule has 0 radical (unpaired) electrons. The fourth-order valence-corrected chi connectivity index (χ4v) is 4.46. The van der Waals surface area contributed by atoms with Crippen LogP contribution in [0.15, 0.2) is 18.5 Å². The Morgan fingerprint density at radius 3 is 2.67 bits per heavy atom. The third kappa shape index (κ3) is 3.26. The number of nitrogens with zero attached hydrogens (tertiary/aromatic N) is 4. The van der Waals surface area contributed by atoms with Crippen molar-refractivity contribution in [1.29, 1.82) is 0 Å². The van der Waals surface area contributed by atoms with E-state index in [4.69, 9.17) is 0 Å². The lowest BCUT2D eigenvalue weighted by Gasteiger charge is -2.30. The predicted octanol–water partition coefficient (Wildman–Crippen LogP) is 2.67. The summed E-state index contributed by atoms with van der Waals surface area (Å²) in [6, 6.07) is 1.82. The van der Waals surface area contributed by atoms with E-state index in [0.717, 1.165) is 49.9 Å². The van der Waals surface area contributed by atoms with Gasteiger partial charge in [0.05, 0.1) is 5.69 Å². The Labute approximate surface area is 145 Å². The Hall–Kier alpha value is -2.02. The predicted molar refractivity (Wildman–Crippen MR) is 94.4 cm³/mol. The van der Waals surface area contributed by atoms with Crippen molar-refractivity contribution < 1.29 is 4.79 Å². The van der Waals surface area contributed by atoms with Gasteiger partial charge in [0.15, 0.2) is 5.13 Å². The van der Waals surface area contributed by atoms with E-state index in [1.54, 1.807) is 23.7 Å². The SMILES string of the molecule is O=C(Nc1nc2c(s1)CCCC2)C1CCN(c2ncccn2)CC1. The zero-order chi connectivity index (χ0) is 16.4. The molecule has 0 unspecified atom stereocenters. The van der Waals surface area contributed by atoms with Crippen LogP contribution in [0.2, 0.25) is 0 Å². The summed E-state index contributed by atoms with van der Waals surface area (Å²) < 4.78 is 0. The van der Waals surface area contributed by atoms with Crippen LogP contribution < -0.4 is 10.2 Å². The zero-order valence-corrected chi connectivity index (χ0v) is 14.4. The monoisotopic (exact) mass is 343 g/mol. The number of anilines is 2. The average molecular weight is 343 g/mol. The largest absolute Gasteiger partial charge is 0.341 e. The Balaban J connectivity index is 1.34. The number of carbonyl (C=O) groups is 1. The molecule has 7 heteroatoms. The second-order valence-corrected chi connectivity index (χ2v) is 7.48. The van der Waals surface area contributed by atoms with Crippen LogP contribution in [0.25, 0.3) is 0 Å². The molecule has 0 atom stereocenters. The normalized spacial score (nSPS) is 18.2. The van der Waals surface area contributed by atoms with Gasteiger partial charge in [0.25, 0.3) is 0 Å². The summed E-state index contributed by atoms with van der Waals surface area (Å²) >= 11 is 1.65. The molecule has 1 aliphatic heterocycles. The Bertz CT molecular complexity index is 686. The summed E-state index contributed by atoms with van der Waals surface area (Å²) in [4.78, 5) is 29.2. The first-order valence-electron chi connectivity index (χ1n) is 8.61. The number of hydrogen-bond acceptors (Lipinski definition) is 6. The minimum atomic E-state index is 0.0471. The molecule has 0 aromatic carbocycles. The van der Waals surface area contributed by atoms with Gasteiger partial charge in [-0.2, -0.15) is 0 Å². The van der Waals surface area contributed by atoms with E-state index in [1.165, 1.54) is 23.4 Å². The van der Waals surface area contributed by atoms with Crippen LogP contribution in [0.4, 0.5) is 11.1 Å². The molecule has 2 aliphatic rings. The minimum absolute atomic E-state index is 0.0471. The summed E-state index contributed by atoms with van der Waals surface area (Å²) in [5, 5.41) is 3.82. The molecule has 0 bridgehead atoms. The van der Waals surface area contributed by atoms with Crippen LogP contribution >= 0.6 is 11.3 Å². The molecule has 3 heterocycles. The van der Waals surface area contributed by atoms with E-state index >= 15 is 0 Å². The standard InChI is InChI=1S/C17H21N5OS/c23-15(21-17-20-13-4-1-2-5-14(13)24-17)12-6-10-22(11-7-12)16-18-8-3-9-19-16/h3,8-9,12H,1-2,4-7,10-11H2,(H,20,21,23). The lowest BCUT2D eigenvalue weighted by Crippen LogP contribution is -2.39. The molecule has 4 rings (SSSR count). The zero-order valence-electron chi connectivity index (χ0n) is 13.6. The Morgan fingerprint density at radius 2 is 1.92 bits per heavy atom. The number of fused-ring (bicyclic) bond motifs is 1. The summed E-state index contributed by atoms with van der Waals surface area (Å²) in [6.45, 7) is 1.63. The maximum absolute atomic E-state index is 12.5. The molecule has 126 valence electrons. The average Bonchev–Trinajstić information content (AvgIpc) is 3.05. The van der Waals surface area contributed by atoms with Gasteiger partial charge in [0.1, 0.15) is 0 Å². The molecule has 1 N–H and O–H groups in total. The van der Waals surface area contributed by atoms with E-state index in [9.17, 15) is 4.79 Å². The van der Waals surface area contributed by atoms with Gasteiger partial charge in [-0.05, 0) is 44.6 Å². The molecule has 2 aromatic rings. The molecule has 0 saturated carbocycles. The smallest absolute Gasteiger partial charge is 0.229 e. The van der Waals surface area contributed by atoms with Crippen molar-refractivity contribution in [1.82, 2.24) is 15.0 Å². The summed E-state index contributed by atoms with van der Waals surface area (Å²) in [7, 11) is 0. The highest BCUT2D eigenvalue weighted by Crippen LogP contribution is 2.30. The second-order valence-electron chi connectivity index (χ2n) is 6.40. The maximum atomic E-state index is 12.5. The Morgan fingerprint density at radius 1 is 1.17 bits per heavy atom. The van der Waals surface area contributed by atoms with E-state index in [2.05, 4.69) is 25.2 Å². The van der Waals surface area contributed by atoms with Crippen LogP contribution in [-0.2, 0) is 17.6 Å². The van der Waals surface area contributed by atoms with Crippen molar-refractivity contribution in [3.8, 4) is 0 Å². The second kappa shape index (κ2) is 6.84. The molecule has 1 saturated heterocycles. The topological polar surface area (TPSA) is 71.0 Å². The summed E-state index contributed by atoms with van der Waals surface area (Å²) in [5.41, 5.74) is 1.19. The number of nitrogens with one attached hydrogen (secondary N) is 1. The van der Waals surface area contributed by atoms with Crippen molar-refractivity contribution >= 4 is 28.3 Å². The number of piperidine rings is 1. The summed E-state index contributed by atoms with van der Waals surface area (Å²) in [6.07, 6.45) is 9.78. The van der Waals surface area contributed by atoms with E-state index < -0.39 is 0 Å². The number of amides is 1. The van der Waals surface area contributed by atoms with Gasteiger partial charge in [-0.25, -0.2) is 15.0 Å². The van der Waals surface area contributed by atoms with E-state index in [0.29, 0.717) is 0 Å². The van der Waals surface area contributed by atoms with Crippen molar-refractivity contribution in [2.75, 3.05) is 23.3 Å². The number of aromatic nitrogens is 3. The van der Waals surface area contributed by atoms with Crippen molar-refractivity contribution in [2.45, 2.75) is 38.5 Å². The first-order chi connectivity index (χ1) is 11.8. The lowest BCUT2D eigenvalue weighted by molar-refractivity contribution is -0.120. The highest BCUT2D eigenvalue weighted by atomic mass is 32.1. The van der Waals surface area contributed by atoms with Crippen molar-refractivity contribution in [2.24, 2.45) is 5.92 Å².